The van der Waals surface area contributed by atoms with Crippen molar-refractivity contribution in [3.8, 4) is 0 Å². The number of benzene rings is 1. The summed E-state index contributed by atoms with van der Waals surface area (Å²) in [5, 5.41) is 7.09. The lowest BCUT2D eigenvalue weighted by molar-refractivity contribution is 0.0312. The maximum Gasteiger partial charge on any atom is 0.260 e. The van der Waals surface area contributed by atoms with Crippen molar-refractivity contribution in [2.75, 3.05) is 31.6 Å². The Morgan fingerprint density at radius 1 is 1.21 bits per heavy atom. The molecule has 0 spiro atoms. The molecule has 4 rings (SSSR count). The number of aryl methyl sites for hydroxylation is 1. The number of morpholine rings is 1. The van der Waals surface area contributed by atoms with Crippen molar-refractivity contribution >= 4 is 11.7 Å². The standard InChI is InChI=1S/C21H23FN4O3/c1-15-18(12-17(29-15)14-25-8-10-28-11-9-25)21(27)23-20-6-7-26(24-20)13-16-4-2-3-5-19(16)22/h2-7,12H,8-11,13-14H2,1H3,(H,23,24,27). The van der Waals surface area contributed by atoms with E-state index in [-0.39, 0.29) is 18.3 Å². The third kappa shape index (κ3) is 4.72. The van der Waals surface area contributed by atoms with E-state index in [1.54, 1.807) is 48.1 Å². The number of nitrogens with zero attached hydrogens (tertiary/aromatic N) is 3. The summed E-state index contributed by atoms with van der Waals surface area (Å²) in [7, 11) is 0. The second kappa shape index (κ2) is 8.59. The van der Waals surface area contributed by atoms with Gasteiger partial charge in [0.25, 0.3) is 5.91 Å². The Balaban J connectivity index is 1.39. The van der Waals surface area contributed by atoms with Crippen LogP contribution < -0.4 is 5.32 Å². The SMILES string of the molecule is Cc1oc(CN2CCOCC2)cc1C(=O)Nc1ccn(Cc2ccccc2F)n1. The van der Waals surface area contributed by atoms with E-state index in [9.17, 15) is 9.18 Å². The lowest BCUT2D eigenvalue weighted by Crippen LogP contribution is -2.35. The van der Waals surface area contributed by atoms with Crippen molar-refractivity contribution in [1.82, 2.24) is 14.7 Å². The Morgan fingerprint density at radius 2 is 2.00 bits per heavy atom. The van der Waals surface area contributed by atoms with Gasteiger partial charge in [0, 0.05) is 30.9 Å². The summed E-state index contributed by atoms with van der Waals surface area (Å²) in [5.41, 5.74) is 1.02. The maximum atomic E-state index is 13.8. The fourth-order valence-electron chi connectivity index (χ4n) is 3.33. The van der Waals surface area contributed by atoms with Crippen LogP contribution in [0.2, 0.25) is 0 Å². The van der Waals surface area contributed by atoms with Gasteiger partial charge in [-0.2, -0.15) is 5.10 Å². The minimum absolute atomic E-state index is 0.282. The number of hydrogen-bond donors (Lipinski definition) is 1. The van der Waals surface area contributed by atoms with Gasteiger partial charge in [-0.05, 0) is 19.1 Å². The summed E-state index contributed by atoms with van der Waals surface area (Å²) in [6, 6.07) is 10.0. The number of carbonyl (C=O) groups excluding carboxylic acids is 1. The number of rotatable bonds is 6. The van der Waals surface area contributed by atoms with Crippen LogP contribution in [0.15, 0.2) is 47.0 Å². The molecular formula is C21H23FN4O3. The number of nitrogens with one attached hydrogen (secondary N) is 1. The number of hydrogen-bond acceptors (Lipinski definition) is 5. The fourth-order valence-corrected chi connectivity index (χ4v) is 3.33. The summed E-state index contributed by atoms with van der Waals surface area (Å²) < 4.78 is 26.5. The topological polar surface area (TPSA) is 72.5 Å². The van der Waals surface area contributed by atoms with E-state index >= 15 is 0 Å². The average molecular weight is 398 g/mol. The van der Waals surface area contributed by atoms with Crippen molar-refractivity contribution < 1.29 is 18.3 Å². The molecular weight excluding hydrogens is 375 g/mol. The van der Waals surface area contributed by atoms with Crippen molar-refractivity contribution in [2.45, 2.75) is 20.0 Å². The van der Waals surface area contributed by atoms with Gasteiger partial charge in [0.1, 0.15) is 17.3 Å². The molecule has 7 nitrogen and oxygen atoms in total. The molecule has 3 heterocycles. The van der Waals surface area contributed by atoms with Crippen molar-refractivity contribution in [2.24, 2.45) is 0 Å². The monoisotopic (exact) mass is 398 g/mol. The number of carbonyl (C=O) groups is 1. The number of halogens is 1. The summed E-state index contributed by atoms with van der Waals surface area (Å²) in [4.78, 5) is 14.9. The molecule has 152 valence electrons. The molecule has 1 fully saturated rings. The molecule has 0 aliphatic carbocycles. The van der Waals surface area contributed by atoms with Crippen LogP contribution in [0.4, 0.5) is 10.2 Å². The number of anilines is 1. The summed E-state index contributed by atoms with van der Waals surface area (Å²) in [6.07, 6.45) is 1.70. The molecule has 8 heteroatoms. The van der Waals surface area contributed by atoms with Crippen LogP contribution in [0.1, 0.15) is 27.4 Å². The molecule has 0 atom stereocenters. The van der Waals surface area contributed by atoms with Crippen LogP contribution >= 0.6 is 0 Å². The van der Waals surface area contributed by atoms with E-state index in [1.165, 1.54) is 6.07 Å². The molecule has 2 aromatic heterocycles. The zero-order chi connectivity index (χ0) is 20.2. The quantitative estimate of drug-likeness (QED) is 0.691. The molecule has 3 aromatic rings. The second-order valence-corrected chi connectivity index (χ2v) is 7.02. The van der Waals surface area contributed by atoms with Gasteiger partial charge in [0.05, 0.1) is 31.9 Å². The van der Waals surface area contributed by atoms with E-state index in [0.29, 0.717) is 42.5 Å². The number of ether oxygens (including phenoxy) is 1. The zero-order valence-corrected chi connectivity index (χ0v) is 16.2. The molecule has 1 aliphatic heterocycles. The smallest absolute Gasteiger partial charge is 0.260 e. The van der Waals surface area contributed by atoms with Crippen molar-refractivity contribution in [3.63, 3.8) is 0 Å². The van der Waals surface area contributed by atoms with Gasteiger partial charge < -0.3 is 14.5 Å². The average Bonchev–Trinajstić information content (AvgIpc) is 3.30. The second-order valence-electron chi connectivity index (χ2n) is 7.02. The Morgan fingerprint density at radius 3 is 2.79 bits per heavy atom. The van der Waals surface area contributed by atoms with Crippen LogP contribution in [0, 0.1) is 12.7 Å². The van der Waals surface area contributed by atoms with Crippen molar-refractivity contribution in [3.05, 3.63) is 71.1 Å². The van der Waals surface area contributed by atoms with E-state index in [1.807, 2.05) is 0 Å². The van der Waals surface area contributed by atoms with Gasteiger partial charge in [-0.15, -0.1) is 0 Å². The highest BCUT2D eigenvalue weighted by Crippen LogP contribution is 2.19. The minimum atomic E-state index is -0.282. The lowest BCUT2D eigenvalue weighted by Gasteiger charge is -2.25. The number of amides is 1. The summed E-state index contributed by atoms with van der Waals surface area (Å²) in [6.45, 7) is 5.83. The molecule has 0 radical (unpaired) electrons. The van der Waals surface area contributed by atoms with E-state index in [4.69, 9.17) is 9.15 Å². The Labute approximate surface area is 168 Å². The molecule has 0 unspecified atom stereocenters. The molecule has 29 heavy (non-hydrogen) atoms. The van der Waals surface area contributed by atoms with Crippen molar-refractivity contribution in [1.29, 1.82) is 0 Å². The van der Waals surface area contributed by atoms with Crippen LogP contribution in [-0.4, -0.2) is 46.9 Å². The zero-order valence-electron chi connectivity index (χ0n) is 16.2. The molecule has 1 aromatic carbocycles. The third-order valence-electron chi connectivity index (χ3n) is 4.87. The largest absolute Gasteiger partial charge is 0.464 e. The normalized spacial score (nSPS) is 14.8. The highest BCUT2D eigenvalue weighted by molar-refractivity contribution is 6.04. The van der Waals surface area contributed by atoms with Gasteiger partial charge in [-0.25, -0.2) is 4.39 Å². The first-order chi connectivity index (χ1) is 14.1. The molecule has 1 saturated heterocycles. The first kappa shape index (κ1) is 19.4. The summed E-state index contributed by atoms with van der Waals surface area (Å²) in [5.74, 6) is 1.16. The fraction of sp³-hybridized carbons (Fsp3) is 0.333. The first-order valence-electron chi connectivity index (χ1n) is 9.56. The third-order valence-corrected chi connectivity index (χ3v) is 4.87. The van der Waals surface area contributed by atoms with Crippen LogP contribution in [-0.2, 0) is 17.8 Å². The number of aromatic nitrogens is 2. The van der Waals surface area contributed by atoms with Gasteiger partial charge in [0.15, 0.2) is 5.82 Å². The van der Waals surface area contributed by atoms with Gasteiger partial charge >= 0.3 is 0 Å². The Hall–Kier alpha value is -2.97. The predicted molar refractivity (Wildman–Crippen MR) is 105 cm³/mol. The van der Waals surface area contributed by atoms with Gasteiger partial charge in [-0.3, -0.25) is 14.4 Å². The van der Waals surface area contributed by atoms with E-state index in [2.05, 4.69) is 15.3 Å². The molecule has 1 aliphatic rings. The molecule has 1 N–H and O–H groups in total. The maximum absolute atomic E-state index is 13.8. The molecule has 1 amide bonds. The Bertz CT molecular complexity index is 991. The first-order valence-corrected chi connectivity index (χ1v) is 9.56. The highest BCUT2D eigenvalue weighted by Gasteiger charge is 2.19. The highest BCUT2D eigenvalue weighted by atomic mass is 19.1. The van der Waals surface area contributed by atoms with Gasteiger partial charge in [0.2, 0.25) is 0 Å². The molecule has 0 saturated carbocycles. The van der Waals surface area contributed by atoms with Crippen LogP contribution in [0.25, 0.3) is 0 Å². The van der Waals surface area contributed by atoms with E-state index < -0.39 is 0 Å². The van der Waals surface area contributed by atoms with Crippen LogP contribution in [0.5, 0.6) is 0 Å². The predicted octanol–water partition coefficient (Wildman–Crippen LogP) is 3.06. The molecule has 0 bridgehead atoms. The minimum Gasteiger partial charge on any atom is -0.464 e. The van der Waals surface area contributed by atoms with Crippen LogP contribution in [0.3, 0.4) is 0 Å². The summed E-state index contributed by atoms with van der Waals surface area (Å²) >= 11 is 0. The van der Waals surface area contributed by atoms with Gasteiger partial charge in [-0.1, -0.05) is 18.2 Å². The lowest BCUT2D eigenvalue weighted by atomic mass is 10.2. The van der Waals surface area contributed by atoms with E-state index in [0.717, 1.165) is 18.8 Å². The Kier molecular flexibility index (Phi) is 5.73. The number of furan rings is 1.